The lowest BCUT2D eigenvalue weighted by atomic mass is 10.1. The van der Waals surface area contributed by atoms with Crippen molar-refractivity contribution in [2.45, 2.75) is 33.6 Å². The lowest BCUT2D eigenvalue weighted by Gasteiger charge is -2.12. The number of hydrogen-bond acceptors (Lipinski definition) is 4. The zero-order valence-electron chi connectivity index (χ0n) is 16.1. The molecule has 3 rings (SSSR count). The summed E-state index contributed by atoms with van der Waals surface area (Å²) < 4.78 is 49.0. The molecule has 1 N–H and O–H groups in total. The first kappa shape index (κ1) is 20.4. The number of carbonyl (C=O) groups is 1. The van der Waals surface area contributed by atoms with Crippen LogP contribution >= 0.6 is 0 Å². The number of aromatic nitrogens is 1. The average molecular weight is 404 g/mol. The van der Waals surface area contributed by atoms with Crippen molar-refractivity contribution >= 4 is 11.6 Å². The molecule has 0 saturated heterocycles. The third-order valence-corrected chi connectivity index (χ3v) is 4.44. The van der Waals surface area contributed by atoms with E-state index in [9.17, 15) is 18.0 Å². The summed E-state index contributed by atoms with van der Waals surface area (Å²) in [4.78, 5) is 12.6. The monoisotopic (exact) mass is 404 g/mol. The molecular weight excluding hydrogens is 385 g/mol. The second-order valence-corrected chi connectivity index (χ2v) is 6.60. The molecule has 152 valence electrons. The van der Waals surface area contributed by atoms with Crippen molar-refractivity contribution in [3.8, 4) is 5.75 Å². The van der Waals surface area contributed by atoms with E-state index in [1.54, 1.807) is 6.92 Å². The summed E-state index contributed by atoms with van der Waals surface area (Å²) in [5.41, 5.74) is 1.82. The number of rotatable bonds is 5. The standard InChI is InChI=1S/C21H19F3N2O3/c1-12-5-4-6-13(2)19(12)28-11-17-14(3)29-26-18(17)20(27)25-16-9-7-15(8-10-16)21(22,23)24/h4-10H,11H2,1-3H3,(H,25,27). The molecule has 0 aliphatic carbocycles. The predicted molar refractivity (Wildman–Crippen MR) is 101 cm³/mol. The largest absolute Gasteiger partial charge is 0.488 e. The lowest BCUT2D eigenvalue weighted by molar-refractivity contribution is -0.137. The molecule has 0 radical (unpaired) electrons. The van der Waals surface area contributed by atoms with Gasteiger partial charge in [-0.3, -0.25) is 4.79 Å². The van der Waals surface area contributed by atoms with E-state index in [2.05, 4.69) is 10.5 Å². The summed E-state index contributed by atoms with van der Waals surface area (Å²) >= 11 is 0. The van der Waals surface area contributed by atoms with Gasteiger partial charge in [0.2, 0.25) is 0 Å². The van der Waals surface area contributed by atoms with Gasteiger partial charge in [-0.2, -0.15) is 13.2 Å². The van der Waals surface area contributed by atoms with Gasteiger partial charge in [-0.05, 0) is 56.2 Å². The lowest BCUT2D eigenvalue weighted by Crippen LogP contribution is -2.16. The second-order valence-electron chi connectivity index (χ2n) is 6.60. The van der Waals surface area contributed by atoms with Crippen molar-refractivity contribution in [3.63, 3.8) is 0 Å². The minimum absolute atomic E-state index is 0.0219. The van der Waals surface area contributed by atoms with Crippen LogP contribution in [-0.4, -0.2) is 11.1 Å². The Kier molecular flexibility index (Phi) is 5.63. The van der Waals surface area contributed by atoms with E-state index < -0.39 is 17.6 Å². The summed E-state index contributed by atoms with van der Waals surface area (Å²) in [6, 6.07) is 9.91. The van der Waals surface area contributed by atoms with Crippen LogP contribution in [0.4, 0.5) is 18.9 Å². The Balaban J connectivity index is 1.75. The van der Waals surface area contributed by atoms with Crippen LogP contribution in [0.5, 0.6) is 5.75 Å². The first-order valence-corrected chi connectivity index (χ1v) is 8.79. The Morgan fingerprint density at radius 2 is 1.69 bits per heavy atom. The molecule has 1 heterocycles. The minimum atomic E-state index is -4.44. The number of nitrogens with zero attached hydrogens (tertiary/aromatic N) is 1. The molecule has 1 aromatic heterocycles. The number of alkyl halides is 3. The number of aryl methyl sites for hydroxylation is 3. The van der Waals surface area contributed by atoms with Crippen LogP contribution in [0, 0.1) is 20.8 Å². The third-order valence-electron chi connectivity index (χ3n) is 4.44. The number of halogens is 3. The van der Waals surface area contributed by atoms with Gasteiger partial charge in [0.25, 0.3) is 5.91 Å². The van der Waals surface area contributed by atoms with Crippen LogP contribution in [0.1, 0.15) is 38.5 Å². The van der Waals surface area contributed by atoms with Gasteiger partial charge in [-0.15, -0.1) is 0 Å². The zero-order valence-corrected chi connectivity index (χ0v) is 16.1. The molecule has 1 amide bonds. The minimum Gasteiger partial charge on any atom is -0.488 e. The fraction of sp³-hybridized carbons (Fsp3) is 0.238. The zero-order chi connectivity index (χ0) is 21.2. The van der Waals surface area contributed by atoms with Crippen LogP contribution < -0.4 is 10.1 Å². The van der Waals surface area contributed by atoms with Crippen LogP contribution in [0.25, 0.3) is 0 Å². The van der Waals surface area contributed by atoms with Gasteiger partial charge in [0.05, 0.1) is 11.1 Å². The second kappa shape index (κ2) is 7.98. The quantitative estimate of drug-likeness (QED) is 0.614. The molecule has 0 fully saturated rings. The molecule has 8 heteroatoms. The molecule has 0 unspecified atom stereocenters. The van der Waals surface area contributed by atoms with E-state index in [0.29, 0.717) is 17.1 Å². The van der Waals surface area contributed by atoms with Crippen molar-refractivity contribution in [1.82, 2.24) is 5.16 Å². The Bertz CT molecular complexity index is 1000. The molecule has 29 heavy (non-hydrogen) atoms. The molecule has 0 aliphatic heterocycles. The van der Waals surface area contributed by atoms with E-state index in [1.807, 2.05) is 32.0 Å². The molecule has 2 aromatic carbocycles. The van der Waals surface area contributed by atoms with E-state index in [-0.39, 0.29) is 18.0 Å². The highest BCUT2D eigenvalue weighted by atomic mass is 19.4. The summed E-state index contributed by atoms with van der Waals surface area (Å²) in [6.07, 6.45) is -4.44. The number of hydrogen-bond donors (Lipinski definition) is 1. The number of carbonyl (C=O) groups excluding carboxylic acids is 1. The highest BCUT2D eigenvalue weighted by molar-refractivity contribution is 6.03. The van der Waals surface area contributed by atoms with Crippen molar-refractivity contribution in [2.75, 3.05) is 5.32 Å². The molecule has 0 spiro atoms. The fourth-order valence-corrected chi connectivity index (χ4v) is 2.84. The van der Waals surface area contributed by atoms with Crippen LogP contribution in [0.2, 0.25) is 0 Å². The Morgan fingerprint density at radius 3 is 2.28 bits per heavy atom. The third kappa shape index (κ3) is 4.59. The van der Waals surface area contributed by atoms with Crippen LogP contribution in [0.15, 0.2) is 47.0 Å². The van der Waals surface area contributed by atoms with Gasteiger partial charge in [0.1, 0.15) is 18.1 Å². The molecule has 0 saturated carbocycles. The average Bonchev–Trinajstić information content (AvgIpc) is 3.02. The number of nitrogens with one attached hydrogen (secondary N) is 1. The van der Waals surface area contributed by atoms with Crippen molar-refractivity contribution in [1.29, 1.82) is 0 Å². The van der Waals surface area contributed by atoms with E-state index in [4.69, 9.17) is 9.26 Å². The first-order chi connectivity index (χ1) is 13.7. The van der Waals surface area contributed by atoms with Gasteiger partial charge in [-0.1, -0.05) is 23.4 Å². The SMILES string of the molecule is Cc1cccc(C)c1OCc1c(C(=O)Nc2ccc(C(F)(F)F)cc2)noc1C. The summed E-state index contributed by atoms with van der Waals surface area (Å²) in [7, 11) is 0. The molecule has 3 aromatic rings. The number of anilines is 1. The maximum Gasteiger partial charge on any atom is 0.416 e. The highest BCUT2D eigenvalue weighted by Gasteiger charge is 2.30. The maximum absolute atomic E-state index is 12.7. The number of benzene rings is 2. The molecule has 0 aliphatic rings. The first-order valence-electron chi connectivity index (χ1n) is 8.79. The van der Waals surface area contributed by atoms with Gasteiger partial charge >= 0.3 is 6.18 Å². The Hall–Kier alpha value is -3.29. The van der Waals surface area contributed by atoms with Crippen LogP contribution in [0.3, 0.4) is 0 Å². The van der Waals surface area contributed by atoms with Crippen molar-refractivity contribution in [3.05, 3.63) is 76.2 Å². The number of amides is 1. The summed E-state index contributed by atoms with van der Waals surface area (Å²) in [6.45, 7) is 5.56. The number of para-hydroxylation sites is 1. The number of ether oxygens (including phenoxy) is 1. The Morgan fingerprint density at radius 1 is 1.07 bits per heavy atom. The van der Waals surface area contributed by atoms with Gasteiger partial charge in [0, 0.05) is 5.69 Å². The predicted octanol–water partition coefficient (Wildman–Crippen LogP) is 5.45. The summed E-state index contributed by atoms with van der Waals surface area (Å²) in [5, 5.41) is 6.31. The van der Waals surface area contributed by atoms with Gasteiger partial charge < -0.3 is 14.6 Å². The van der Waals surface area contributed by atoms with Crippen molar-refractivity contribution in [2.24, 2.45) is 0 Å². The molecular formula is C21H19F3N2O3. The van der Waals surface area contributed by atoms with E-state index in [0.717, 1.165) is 23.3 Å². The summed E-state index contributed by atoms with van der Waals surface area (Å²) in [5.74, 6) is 0.540. The maximum atomic E-state index is 12.7. The normalized spacial score (nSPS) is 11.4. The smallest absolute Gasteiger partial charge is 0.416 e. The van der Waals surface area contributed by atoms with E-state index in [1.165, 1.54) is 12.1 Å². The highest BCUT2D eigenvalue weighted by Crippen LogP contribution is 2.30. The topological polar surface area (TPSA) is 64.4 Å². The molecule has 0 bridgehead atoms. The van der Waals surface area contributed by atoms with E-state index >= 15 is 0 Å². The van der Waals surface area contributed by atoms with Crippen LogP contribution in [-0.2, 0) is 12.8 Å². The molecule has 0 atom stereocenters. The Labute approximate surface area is 165 Å². The van der Waals surface area contributed by atoms with Crippen molar-refractivity contribution < 1.29 is 27.2 Å². The van der Waals surface area contributed by atoms with Gasteiger partial charge in [0.15, 0.2) is 5.69 Å². The molecule has 5 nitrogen and oxygen atoms in total. The van der Waals surface area contributed by atoms with Gasteiger partial charge in [-0.25, -0.2) is 0 Å². The fourth-order valence-electron chi connectivity index (χ4n) is 2.84.